The molecule has 0 unspecified atom stereocenters. The van der Waals surface area contributed by atoms with Crippen molar-refractivity contribution in [3.8, 4) is 17.0 Å². The average molecular weight is 339 g/mol. The van der Waals surface area contributed by atoms with Gasteiger partial charge in [0.15, 0.2) is 0 Å². The molecule has 1 amide bonds. The third-order valence-corrected chi connectivity index (χ3v) is 4.86. The second kappa shape index (κ2) is 8.12. The topological polar surface area (TPSA) is 54.5 Å². The van der Waals surface area contributed by atoms with Gasteiger partial charge in [-0.05, 0) is 56.6 Å². The van der Waals surface area contributed by atoms with Crippen molar-refractivity contribution in [2.45, 2.75) is 25.3 Å². The minimum atomic E-state index is -0.0138. The lowest BCUT2D eigenvalue weighted by molar-refractivity contribution is 0.0950. The normalized spacial score (nSPS) is 17.4. The second-order valence-corrected chi connectivity index (χ2v) is 6.49. The van der Waals surface area contributed by atoms with Crippen molar-refractivity contribution in [2.75, 3.05) is 27.2 Å². The monoisotopic (exact) mass is 339 g/mol. The Hall–Kier alpha value is -2.40. The molecule has 1 fully saturated rings. The first kappa shape index (κ1) is 17.4. The predicted molar refractivity (Wildman–Crippen MR) is 98.8 cm³/mol. The van der Waals surface area contributed by atoms with Gasteiger partial charge in [-0.1, -0.05) is 12.1 Å². The van der Waals surface area contributed by atoms with Crippen LogP contribution in [0.4, 0.5) is 0 Å². The van der Waals surface area contributed by atoms with Crippen molar-refractivity contribution < 1.29 is 9.53 Å². The third kappa shape index (κ3) is 4.37. The van der Waals surface area contributed by atoms with Gasteiger partial charge in [0.1, 0.15) is 0 Å². The van der Waals surface area contributed by atoms with Gasteiger partial charge in [-0.25, -0.2) is 4.98 Å². The Balaban J connectivity index is 1.54. The van der Waals surface area contributed by atoms with E-state index in [9.17, 15) is 4.79 Å². The summed E-state index contributed by atoms with van der Waals surface area (Å²) in [6, 6.07) is 12.0. The Morgan fingerprint density at radius 3 is 2.60 bits per heavy atom. The molecule has 0 saturated carbocycles. The fourth-order valence-corrected chi connectivity index (χ4v) is 3.28. The van der Waals surface area contributed by atoms with Gasteiger partial charge >= 0.3 is 0 Å². The lowest BCUT2D eigenvalue weighted by Crippen LogP contribution is -2.31. The maximum absolute atomic E-state index is 12.3. The van der Waals surface area contributed by atoms with E-state index in [2.05, 4.69) is 22.2 Å². The molecule has 1 saturated heterocycles. The number of hydrogen-bond acceptors (Lipinski definition) is 4. The molecule has 1 N–H and O–H groups in total. The molecule has 0 spiro atoms. The molecule has 1 aromatic carbocycles. The van der Waals surface area contributed by atoms with Crippen LogP contribution in [-0.2, 0) is 0 Å². The van der Waals surface area contributed by atoms with Crippen LogP contribution in [0.3, 0.4) is 0 Å². The van der Waals surface area contributed by atoms with Gasteiger partial charge in [0.05, 0.1) is 7.11 Å². The van der Waals surface area contributed by atoms with E-state index in [0.29, 0.717) is 17.5 Å². The molecule has 25 heavy (non-hydrogen) atoms. The molecule has 0 aliphatic carbocycles. The minimum absolute atomic E-state index is 0.0138. The van der Waals surface area contributed by atoms with E-state index in [4.69, 9.17) is 4.74 Å². The number of methoxy groups -OCH3 is 1. The van der Waals surface area contributed by atoms with E-state index in [0.717, 1.165) is 24.1 Å². The maximum atomic E-state index is 12.3. The summed E-state index contributed by atoms with van der Waals surface area (Å²) in [5, 5.41) is 3.03. The molecule has 0 radical (unpaired) electrons. The highest BCUT2D eigenvalue weighted by Gasteiger charge is 2.20. The van der Waals surface area contributed by atoms with Gasteiger partial charge in [0, 0.05) is 36.0 Å². The van der Waals surface area contributed by atoms with Crippen LogP contribution in [0.5, 0.6) is 5.88 Å². The van der Waals surface area contributed by atoms with Crippen molar-refractivity contribution in [1.82, 2.24) is 15.2 Å². The molecule has 2 aromatic rings. The van der Waals surface area contributed by atoms with Crippen molar-refractivity contribution in [1.29, 1.82) is 0 Å². The van der Waals surface area contributed by atoms with Gasteiger partial charge in [-0.3, -0.25) is 4.79 Å². The van der Waals surface area contributed by atoms with E-state index in [1.807, 2.05) is 36.4 Å². The molecule has 1 aliphatic heterocycles. The number of carbonyl (C=O) groups is 1. The Kier molecular flexibility index (Phi) is 5.66. The first-order valence-corrected chi connectivity index (χ1v) is 8.76. The summed E-state index contributed by atoms with van der Waals surface area (Å²) in [6.07, 6.45) is 5.28. The molecule has 1 aliphatic rings. The summed E-state index contributed by atoms with van der Waals surface area (Å²) in [5.74, 6) is 0.577. The summed E-state index contributed by atoms with van der Waals surface area (Å²) in [6.45, 7) is 1.89. The quantitative estimate of drug-likeness (QED) is 0.879. The number of amides is 1. The van der Waals surface area contributed by atoms with Crippen LogP contribution in [-0.4, -0.2) is 49.1 Å². The highest BCUT2D eigenvalue weighted by Crippen LogP contribution is 2.21. The number of nitrogens with one attached hydrogen (secondary N) is 1. The maximum Gasteiger partial charge on any atom is 0.251 e. The standard InChI is InChI=1S/C20H25N3O2/c1-23-13-3-4-18(23)11-12-21-20(24)16-7-5-15(6-8-16)17-9-10-19(25-2)22-14-17/h5-10,14,18H,3-4,11-13H2,1-2H3,(H,21,24)/t18-/m0/s1. The number of aromatic nitrogens is 1. The van der Waals surface area contributed by atoms with Crippen molar-refractivity contribution in [2.24, 2.45) is 0 Å². The van der Waals surface area contributed by atoms with Gasteiger partial charge in [0.25, 0.3) is 5.91 Å². The number of benzene rings is 1. The zero-order valence-corrected chi connectivity index (χ0v) is 14.9. The van der Waals surface area contributed by atoms with E-state index >= 15 is 0 Å². The lowest BCUT2D eigenvalue weighted by atomic mass is 10.1. The van der Waals surface area contributed by atoms with Crippen LogP contribution >= 0.6 is 0 Å². The van der Waals surface area contributed by atoms with E-state index in [1.165, 1.54) is 19.4 Å². The molecule has 1 atom stereocenters. The molecule has 5 heteroatoms. The first-order valence-electron chi connectivity index (χ1n) is 8.76. The van der Waals surface area contributed by atoms with E-state index < -0.39 is 0 Å². The second-order valence-electron chi connectivity index (χ2n) is 6.49. The summed E-state index contributed by atoms with van der Waals surface area (Å²) in [5.41, 5.74) is 2.71. The van der Waals surface area contributed by atoms with Gasteiger partial charge in [-0.15, -0.1) is 0 Å². The van der Waals surface area contributed by atoms with Gasteiger partial charge in [-0.2, -0.15) is 0 Å². The highest BCUT2D eigenvalue weighted by molar-refractivity contribution is 5.94. The van der Waals surface area contributed by atoms with Crippen LogP contribution < -0.4 is 10.1 Å². The van der Waals surface area contributed by atoms with Crippen LogP contribution in [0.1, 0.15) is 29.6 Å². The number of carbonyl (C=O) groups excluding carboxylic acids is 1. The number of hydrogen-bond donors (Lipinski definition) is 1. The predicted octanol–water partition coefficient (Wildman–Crippen LogP) is 2.97. The molecule has 5 nitrogen and oxygen atoms in total. The Morgan fingerprint density at radius 1 is 1.24 bits per heavy atom. The molecule has 2 heterocycles. The van der Waals surface area contributed by atoms with Crippen LogP contribution in [0.15, 0.2) is 42.6 Å². The van der Waals surface area contributed by atoms with E-state index in [-0.39, 0.29) is 5.91 Å². The molecule has 3 rings (SSSR count). The van der Waals surface area contributed by atoms with Crippen LogP contribution in [0.25, 0.3) is 11.1 Å². The van der Waals surface area contributed by atoms with Crippen LogP contribution in [0, 0.1) is 0 Å². The molecular weight excluding hydrogens is 314 g/mol. The average Bonchev–Trinajstić information content (AvgIpc) is 3.07. The fraction of sp³-hybridized carbons (Fsp3) is 0.400. The zero-order chi connectivity index (χ0) is 17.6. The summed E-state index contributed by atoms with van der Waals surface area (Å²) >= 11 is 0. The SMILES string of the molecule is COc1ccc(-c2ccc(C(=O)NCC[C@@H]3CCCN3C)cc2)cn1. The Morgan fingerprint density at radius 2 is 2.00 bits per heavy atom. The summed E-state index contributed by atoms with van der Waals surface area (Å²) in [7, 11) is 3.76. The number of ether oxygens (including phenoxy) is 1. The highest BCUT2D eigenvalue weighted by atomic mass is 16.5. The largest absolute Gasteiger partial charge is 0.481 e. The molecule has 1 aromatic heterocycles. The lowest BCUT2D eigenvalue weighted by Gasteiger charge is -2.19. The molecular formula is C20H25N3O2. The van der Waals surface area contributed by atoms with Gasteiger partial charge in [0.2, 0.25) is 5.88 Å². The minimum Gasteiger partial charge on any atom is -0.481 e. The first-order chi connectivity index (χ1) is 12.2. The Bertz CT molecular complexity index is 698. The number of rotatable bonds is 6. The smallest absolute Gasteiger partial charge is 0.251 e. The molecule has 0 bridgehead atoms. The van der Waals surface area contributed by atoms with Crippen molar-refractivity contribution >= 4 is 5.91 Å². The number of nitrogens with zero attached hydrogens (tertiary/aromatic N) is 2. The zero-order valence-electron chi connectivity index (χ0n) is 14.9. The number of likely N-dealkylation sites (tertiary alicyclic amines) is 1. The summed E-state index contributed by atoms with van der Waals surface area (Å²) < 4.78 is 5.07. The Labute approximate surface area is 149 Å². The fourth-order valence-electron chi connectivity index (χ4n) is 3.28. The van der Waals surface area contributed by atoms with Gasteiger partial charge < -0.3 is 15.0 Å². The van der Waals surface area contributed by atoms with Crippen molar-refractivity contribution in [3.05, 3.63) is 48.2 Å². The number of pyridine rings is 1. The summed E-state index contributed by atoms with van der Waals surface area (Å²) in [4.78, 5) is 18.9. The molecule has 132 valence electrons. The van der Waals surface area contributed by atoms with Crippen molar-refractivity contribution in [3.63, 3.8) is 0 Å². The van der Waals surface area contributed by atoms with Crippen LogP contribution in [0.2, 0.25) is 0 Å². The van der Waals surface area contributed by atoms with E-state index in [1.54, 1.807) is 13.3 Å². The third-order valence-electron chi connectivity index (χ3n) is 4.86.